The van der Waals surface area contributed by atoms with Crippen molar-refractivity contribution in [2.24, 2.45) is 0 Å². The fourth-order valence-electron chi connectivity index (χ4n) is 2.10. The van der Waals surface area contributed by atoms with Gasteiger partial charge in [0.1, 0.15) is 0 Å². The first-order chi connectivity index (χ1) is 7.26. The molecule has 1 unspecified atom stereocenters. The zero-order valence-electron chi connectivity index (χ0n) is 9.46. The van der Waals surface area contributed by atoms with Crippen LogP contribution in [-0.4, -0.2) is 20.3 Å². The molecule has 1 atom stereocenters. The van der Waals surface area contributed by atoms with E-state index in [0.29, 0.717) is 6.04 Å². The summed E-state index contributed by atoms with van der Waals surface area (Å²) in [7, 11) is 3.36. The van der Waals surface area contributed by atoms with E-state index in [-0.39, 0.29) is 0 Å². The number of nitrogens with one attached hydrogen (secondary N) is 1. The van der Waals surface area contributed by atoms with Crippen LogP contribution >= 0.6 is 0 Å². The Balaban J connectivity index is 2.46. The first-order valence-electron chi connectivity index (χ1n) is 5.22. The molecule has 1 aromatic carbocycles. The molecule has 1 heterocycles. The van der Waals surface area contributed by atoms with Gasteiger partial charge in [0.05, 0.1) is 14.2 Å². The van der Waals surface area contributed by atoms with Crippen LogP contribution in [0.1, 0.15) is 18.1 Å². The van der Waals surface area contributed by atoms with Crippen molar-refractivity contribution in [1.82, 2.24) is 5.32 Å². The number of fused-ring (bicyclic) bond motifs is 1. The molecule has 0 radical (unpaired) electrons. The van der Waals surface area contributed by atoms with E-state index in [2.05, 4.69) is 18.3 Å². The van der Waals surface area contributed by atoms with Gasteiger partial charge in [-0.1, -0.05) is 6.07 Å². The Morgan fingerprint density at radius 1 is 1.27 bits per heavy atom. The van der Waals surface area contributed by atoms with Crippen molar-refractivity contribution in [2.45, 2.75) is 25.9 Å². The van der Waals surface area contributed by atoms with Gasteiger partial charge in [-0.15, -0.1) is 0 Å². The zero-order chi connectivity index (χ0) is 10.8. The highest BCUT2D eigenvalue weighted by Crippen LogP contribution is 2.35. The highest BCUT2D eigenvalue weighted by atomic mass is 16.5. The van der Waals surface area contributed by atoms with Gasteiger partial charge in [0.15, 0.2) is 11.5 Å². The van der Waals surface area contributed by atoms with Crippen LogP contribution in [0.25, 0.3) is 0 Å². The van der Waals surface area contributed by atoms with Crippen LogP contribution in [0.2, 0.25) is 0 Å². The predicted octanol–water partition coefficient (Wildman–Crippen LogP) is 1.74. The molecular weight excluding hydrogens is 190 g/mol. The van der Waals surface area contributed by atoms with Crippen LogP contribution in [0, 0.1) is 0 Å². The molecule has 0 fully saturated rings. The highest BCUT2D eigenvalue weighted by Gasteiger charge is 2.20. The first kappa shape index (κ1) is 10.3. The van der Waals surface area contributed by atoms with Gasteiger partial charge < -0.3 is 14.8 Å². The molecule has 1 aliphatic rings. The molecule has 1 aliphatic heterocycles. The number of benzene rings is 1. The third kappa shape index (κ3) is 1.79. The van der Waals surface area contributed by atoms with Crippen LogP contribution in [-0.2, 0) is 13.0 Å². The number of hydrogen-bond donors (Lipinski definition) is 1. The van der Waals surface area contributed by atoms with E-state index in [1.165, 1.54) is 11.1 Å². The molecule has 1 N–H and O–H groups in total. The zero-order valence-corrected chi connectivity index (χ0v) is 9.46. The van der Waals surface area contributed by atoms with E-state index in [0.717, 1.165) is 24.5 Å². The van der Waals surface area contributed by atoms with Gasteiger partial charge in [-0.3, -0.25) is 0 Å². The molecule has 0 aliphatic carbocycles. The molecular formula is C12H17NO2. The third-order valence-corrected chi connectivity index (χ3v) is 2.90. The van der Waals surface area contributed by atoms with Gasteiger partial charge in [0, 0.05) is 18.2 Å². The lowest BCUT2D eigenvalue weighted by atomic mass is 9.95. The smallest absolute Gasteiger partial charge is 0.165 e. The number of rotatable bonds is 2. The lowest BCUT2D eigenvalue weighted by Crippen LogP contribution is -2.33. The summed E-state index contributed by atoms with van der Waals surface area (Å²) >= 11 is 0. The second-order valence-electron chi connectivity index (χ2n) is 3.92. The minimum Gasteiger partial charge on any atom is -0.493 e. The van der Waals surface area contributed by atoms with Gasteiger partial charge in [0.2, 0.25) is 0 Å². The Labute approximate surface area is 90.4 Å². The molecule has 0 saturated carbocycles. The van der Waals surface area contributed by atoms with Crippen LogP contribution in [0.4, 0.5) is 0 Å². The predicted molar refractivity (Wildman–Crippen MR) is 59.6 cm³/mol. The van der Waals surface area contributed by atoms with Crippen LogP contribution in [0.3, 0.4) is 0 Å². The maximum atomic E-state index is 5.40. The lowest BCUT2D eigenvalue weighted by molar-refractivity contribution is 0.346. The molecule has 3 nitrogen and oxygen atoms in total. The normalized spacial score (nSPS) is 19.5. The summed E-state index contributed by atoms with van der Waals surface area (Å²) < 4.78 is 10.7. The topological polar surface area (TPSA) is 30.5 Å². The van der Waals surface area contributed by atoms with E-state index in [1.807, 2.05) is 6.07 Å². The Morgan fingerprint density at radius 3 is 2.73 bits per heavy atom. The molecule has 0 aromatic heterocycles. The van der Waals surface area contributed by atoms with E-state index in [9.17, 15) is 0 Å². The van der Waals surface area contributed by atoms with Crippen LogP contribution in [0.15, 0.2) is 12.1 Å². The molecule has 15 heavy (non-hydrogen) atoms. The number of hydrogen-bond acceptors (Lipinski definition) is 3. The van der Waals surface area contributed by atoms with Gasteiger partial charge in [-0.2, -0.15) is 0 Å². The molecule has 0 saturated heterocycles. The van der Waals surface area contributed by atoms with E-state index >= 15 is 0 Å². The van der Waals surface area contributed by atoms with Crippen molar-refractivity contribution in [2.75, 3.05) is 14.2 Å². The summed E-state index contributed by atoms with van der Waals surface area (Å²) in [4.78, 5) is 0. The quantitative estimate of drug-likeness (QED) is 0.801. The summed E-state index contributed by atoms with van der Waals surface area (Å²) in [5.74, 6) is 1.68. The van der Waals surface area contributed by atoms with Crippen molar-refractivity contribution < 1.29 is 9.47 Å². The Hall–Kier alpha value is -1.22. The fourth-order valence-corrected chi connectivity index (χ4v) is 2.10. The molecule has 0 amide bonds. The average Bonchev–Trinajstić information content (AvgIpc) is 2.27. The van der Waals surface area contributed by atoms with Crippen molar-refractivity contribution in [3.05, 3.63) is 23.3 Å². The van der Waals surface area contributed by atoms with Gasteiger partial charge in [-0.05, 0) is 25.0 Å². The Kier molecular flexibility index (Phi) is 2.82. The molecule has 1 aromatic rings. The second kappa shape index (κ2) is 4.11. The average molecular weight is 207 g/mol. The largest absolute Gasteiger partial charge is 0.493 e. The highest BCUT2D eigenvalue weighted by molar-refractivity contribution is 5.51. The minimum atomic E-state index is 0.538. The summed E-state index contributed by atoms with van der Waals surface area (Å²) in [6, 6.07) is 4.65. The van der Waals surface area contributed by atoms with E-state index in [1.54, 1.807) is 14.2 Å². The summed E-state index contributed by atoms with van der Waals surface area (Å²) in [5.41, 5.74) is 2.59. The third-order valence-electron chi connectivity index (χ3n) is 2.90. The van der Waals surface area contributed by atoms with E-state index in [4.69, 9.17) is 9.47 Å². The first-order valence-corrected chi connectivity index (χ1v) is 5.22. The lowest BCUT2D eigenvalue weighted by Gasteiger charge is -2.25. The van der Waals surface area contributed by atoms with Gasteiger partial charge in [0.25, 0.3) is 0 Å². The SMILES string of the molecule is COc1ccc2c(c1OC)CNC(C)C2. The summed E-state index contributed by atoms with van der Waals surface area (Å²) in [5, 5.41) is 3.43. The molecule has 0 bridgehead atoms. The van der Waals surface area contributed by atoms with Gasteiger partial charge in [-0.25, -0.2) is 0 Å². The second-order valence-corrected chi connectivity index (χ2v) is 3.92. The number of methoxy groups -OCH3 is 2. The van der Waals surface area contributed by atoms with Gasteiger partial charge >= 0.3 is 0 Å². The number of ether oxygens (including phenoxy) is 2. The van der Waals surface area contributed by atoms with Crippen molar-refractivity contribution in [3.8, 4) is 11.5 Å². The Morgan fingerprint density at radius 2 is 2.07 bits per heavy atom. The fraction of sp³-hybridized carbons (Fsp3) is 0.500. The van der Waals surface area contributed by atoms with Crippen molar-refractivity contribution in [1.29, 1.82) is 0 Å². The van der Waals surface area contributed by atoms with Crippen molar-refractivity contribution in [3.63, 3.8) is 0 Å². The molecule has 82 valence electrons. The maximum Gasteiger partial charge on any atom is 0.165 e. The summed E-state index contributed by atoms with van der Waals surface area (Å²) in [6.45, 7) is 3.05. The van der Waals surface area contributed by atoms with Crippen LogP contribution < -0.4 is 14.8 Å². The van der Waals surface area contributed by atoms with Crippen LogP contribution in [0.5, 0.6) is 11.5 Å². The van der Waals surface area contributed by atoms with E-state index < -0.39 is 0 Å². The maximum absolute atomic E-state index is 5.40. The molecule has 2 rings (SSSR count). The monoisotopic (exact) mass is 207 g/mol. The molecule has 3 heteroatoms. The Bertz CT molecular complexity index is 363. The minimum absolute atomic E-state index is 0.538. The molecule has 0 spiro atoms. The van der Waals surface area contributed by atoms with Crippen molar-refractivity contribution >= 4 is 0 Å². The summed E-state index contributed by atoms with van der Waals surface area (Å²) in [6.07, 6.45) is 1.05. The standard InChI is InChI=1S/C12H17NO2/c1-8-6-9-4-5-11(14-2)12(15-3)10(9)7-13-8/h4-5,8,13H,6-7H2,1-3H3.